The van der Waals surface area contributed by atoms with Crippen molar-refractivity contribution in [2.24, 2.45) is 0 Å². The summed E-state index contributed by atoms with van der Waals surface area (Å²) in [6.45, 7) is 2.66. The predicted octanol–water partition coefficient (Wildman–Crippen LogP) is 2.68. The molecular weight excluding hydrogens is 390 g/mol. The van der Waals surface area contributed by atoms with E-state index in [-0.39, 0.29) is 10.8 Å². The number of nitrogens with zero attached hydrogens (tertiary/aromatic N) is 4. The summed E-state index contributed by atoms with van der Waals surface area (Å²) < 4.78 is 30.6. The van der Waals surface area contributed by atoms with Crippen molar-refractivity contribution in [2.45, 2.75) is 43.5 Å². The van der Waals surface area contributed by atoms with Crippen LogP contribution < -0.4 is 9.62 Å². The Kier molecular flexibility index (Phi) is 5.33. The van der Waals surface area contributed by atoms with Crippen LogP contribution in [0.2, 0.25) is 0 Å². The molecule has 1 atom stereocenters. The predicted molar refractivity (Wildman–Crippen MR) is 109 cm³/mol. The van der Waals surface area contributed by atoms with E-state index in [0.29, 0.717) is 30.9 Å². The highest BCUT2D eigenvalue weighted by Gasteiger charge is 2.26. The number of anilines is 1. The standard InChI is InChI=1S/C20H23N5O3S/c1-2-6-17(20-22-21-18-7-3-4-13-25(18)20)23-29(27,28)16-11-9-15(10-12-16)24-14-5-8-19(24)26/h3-4,7,9-13,17,23H,2,5-6,8,14H2,1H3. The van der Waals surface area contributed by atoms with Gasteiger partial charge in [0, 0.05) is 24.8 Å². The number of aromatic nitrogens is 3. The fraction of sp³-hybridized carbons (Fsp3) is 0.350. The molecule has 1 aliphatic rings. The van der Waals surface area contributed by atoms with Gasteiger partial charge in [0.05, 0.1) is 10.9 Å². The summed E-state index contributed by atoms with van der Waals surface area (Å²) in [6, 6.07) is 11.5. The number of rotatable bonds is 7. The van der Waals surface area contributed by atoms with Gasteiger partial charge in [0.2, 0.25) is 15.9 Å². The average molecular weight is 414 g/mol. The van der Waals surface area contributed by atoms with Crippen LogP contribution in [0.3, 0.4) is 0 Å². The summed E-state index contributed by atoms with van der Waals surface area (Å²) in [7, 11) is -3.76. The van der Waals surface area contributed by atoms with E-state index >= 15 is 0 Å². The Morgan fingerprint density at radius 3 is 2.62 bits per heavy atom. The van der Waals surface area contributed by atoms with E-state index in [4.69, 9.17) is 0 Å². The molecule has 9 heteroatoms. The number of pyridine rings is 1. The number of carbonyl (C=O) groups excluding carboxylic acids is 1. The normalized spacial score (nSPS) is 15.9. The fourth-order valence-corrected chi connectivity index (χ4v) is 4.84. The van der Waals surface area contributed by atoms with Gasteiger partial charge in [0.25, 0.3) is 0 Å². The molecule has 1 unspecified atom stereocenters. The van der Waals surface area contributed by atoms with Crippen molar-refractivity contribution in [1.29, 1.82) is 0 Å². The van der Waals surface area contributed by atoms with E-state index in [1.165, 1.54) is 12.1 Å². The van der Waals surface area contributed by atoms with Crippen molar-refractivity contribution in [2.75, 3.05) is 11.4 Å². The third-order valence-electron chi connectivity index (χ3n) is 5.06. The zero-order valence-electron chi connectivity index (χ0n) is 16.2. The first-order chi connectivity index (χ1) is 14.0. The van der Waals surface area contributed by atoms with Crippen LogP contribution in [0.4, 0.5) is 5.69 Å². The van der Waals surface area contributed by atoms with Crippen molar-refractivity contribution in [3.63, 3.8) is 0 Å². The fourth-order valence-electron chi connectivity index (χ4n) is 3.61. The first kappa shape index (κ1) is 19.5. The summed E-state index contributed by atoms with van der Waals surface area (Å²) in [4.78, 5) is 13.7. The molecule has 3 heterocycles. The molecule has 2 aromatic heterocycles. The van der Waals surface area contributed by atoms with E-state index < -0.39 is 16.1 Å². The Morgan fingerprint density at radius 1 is 1.14 bits per heavy atom. The lowest BCUT2D eigenvalue weighted by atomic mass is 10.2. The highest BCUT2D eigenvalue weighted by atomic mass is 32.2. The Labute approximate surface area is 169 Å². The van der Waals surface area contributed by atoms with Crippen LogP contribution in [0.15, 0.2) is 53.6 Å². The number of benzene rings is 1. The lowest BCUT2D eigenvalue weighted by Gasteiger charge is -2.18. The molecular formula is C20H23N5O3S. The van der Waals surface area contributed by atoms with E-state index in [1.54, 1.807) is 21.4 Å². The number of hydrogen-bond donors (Lipinski definition) is 1. The second-order valence-corrected chi connectivity index (χ2v) is 8.81. The molecule has 1 aliphatic heterocycles. The maximum absolute atomic E-state index is 13.0. The lowest BCUT2D eigenvalue weighted by molar-refractivity contribution is -0.117. The number of amides is 1. The van der Waals surface area contributed by atoms with Crippen molar-refractivity contribution in [1.82, 2.24) is 19.3 Å². The van der Waals surface area contributed by atoms with Gasteiger partial charge in [-0.25, -0.2) is 13.1 Å². The molecule has 0 aliphatic carbocycles. The Morgan fingerprint density at radius 2 is 1.93 bits per heavy atom. The van der Waals surface area contributed by atoms with Gasteiger partial charge in [0.1, 0.15) is 0 Å². The second kappa shape index (κ2) is 7.92. The molecule has 29 heavy (non-hydrogen) atoms. The third-order valence-corrected chi connectivity index (χ3v) is 6.55. The summed E-state index contributed by atoms with van der Waals surface area (Å²) in [5, 5.41) is 8.34. The summed E-state index contributed by atoms with van der Waals surface area (Å²) >= 11 is 0. The number of hydrogen-bond acceptors (Lipinski definition) is 5. The molecule has 152 valence electrons. The van der Waals surface area contributed by atoms with Crippen molar-refractivity contribution in [3.05, 3.63) is 54.5 Å². The molecule has 0 radical (unpaired) electrons. The Bertz CT molecular complexity index is 1120. The van der Waals surface area contributed by atoms with Gasteiger partial charge in [0.15, 0.2) is 11.5 Å². The number of fused-ring (bicyclic) bond motifs is 1. The molecule has 1 amide bonds. The average Bonchev–Trinajstić information content (AvgIpc) is 3.34. The second-order valence-electron chi connectivity index (χ2n) is 7.09. The van der Waals surface area contributed by atoms with E-state index in [0.717, 1.165) is 18.5 Å². The minimum absolute atomic E-state index is 0.0698. The van der Waals surface area contributed by atoms with Crippen LogP contribution in [-0.2, 0) is 14.8 Å². The van der Waals surface area contributed by atoms with Crippen molar-refractivity contribution >= 4 is 27.3 Å². The first-order valence-electron chi connectivity index (χ1n) is 9.72. The topological polar surface area (TPSA) is 96.7 Å². The Balaban J connectivity index is 1.59. The van der Waals surface area contributed by atoms with Gasteiger partial charge in [-0.1, -0.05) is 19.4 Å². The minimum Gasteiger partial charge on any atom is -0.312 e. The van der Waals surface area contributed by atoms with Gasteiger partial charge in [-0.3, -0.25) is 9.20 Å². The van der Waals surface area contributed by atoms with Crippen LogP contribution in [0, 0.1) is 0 Å². The van der Waals surface area contributed by atoms with E-state index in [9.17, 15) is 13.2 Å². The maximum Gasteiger partial charge on any atom is 0.241 e. The van der Waals surface area contributed by atoms with Gasteiger partial charge in [-0.15, -0.1) is 10.2 Å². The van der Waals surface area contributed by atoms with Crippen LogP contribution >= 0.6 is 0 Å². The molecule has 0 saturated carbocycles. The monoisotopic (exact) mass is 413 g/mol. The van der Waals surface area contributed by atoms with Crippen LogP contribution in [-0.4, -0.2) is 35.5 Å². The van der Waals surface area contributed by atoms with Crippen LogP contribution in [0.5, 0.6) is 0 Å². The van der Waals surface area contributed by atoms with E-state index in [2.05, 4.69) is 14.9 Å². The molecule has 1 fully saturated rings. The SMILES string of the molecule is CCCC(NS(=O)(=O)c1ccc(N2CCCC2=O)cc1)c1nnc2ccccn12. The van der Waals surface area contributed by atoms with Gasteiger partial charge in [-0.05, 0) is 49.2 Å². The highest BCUT2D eigenvalue weighted by Crippen LogP contribution is 2.25. The highest BCUT2D eigenvalue weighted by molar-refractivity contribution is 7.89. The zero-order chi connectivity index (χ0) is 20.4. The first-order valence-corrected chi connectivity index (χ1v) is 11.2. The van der Waals surface area contributed by atoms with E-state index in [1.807, 2.05) is 31.3 Å². The molecule has 1 N–H and O–H groups in total. The van der Waals surface area contributed by atoms with Crippen LogP contribution in [0.25, 0.3) is 5.65 Å². The molecule has 3 aromatic rings. The largest absolute Gasteiger partial charge is 0.312 e. The van der Waals surface area contributed by atoms with Crippen LogP contribution in [0.1, 0.15) is 44.5 Å². The zero-order valence-corrected chi connectivity index (χ0v) is 17.0. The van der Waals surface area contributed by atoms with Crippen molar-refractivity contribution in [3.8, 4) is 0 Å². The number of carbonyl (C=O) groups is 1. The van der Waals surface area contributed by atoms with Gasteiger partial charge in [-0.2, -0.15) is 0 Å². The number of nitrogens with one attached hydrogen (secondary N) is 1. The molecule has 4 rings (SSSR count). The molecule has 1 saturated heterocycles. The van der Waals surface area contributed by atoms with Crippen molar-refractivity contribution < 1.29 is 13.2 Å². The summed E-state index contributed by atoms with van der Waals surface area (Å²) in [5.74, 6) is 0.630. The minimum atomic E-state index is -3.76. The number of sulfonamides is 1. The molecule has 1 aromatic carbocycles. The summed E-state index contributed by atoms with van der Waals surface area (Å²) in [6.07, 6.45) is 4.56. The lowest BCUT2D eigenvalue weighted by Crippen LogP contribution is -2.30. The molecule has 0 spiro atoms. The van der Waals surface area contributed by atoms with Gasteiger partial charge >= 0.3 is 0 Å². The third kappa shape index (κ3) is 3.88. The van der Waals surface area contributed by atoms with Gasteiger partial charge < -0.3 is 4.90 Å². The quantitative estimate of drug-likeness (QED) is 0.642. The Hall–Kier alpha value is -2.78. The molecule has 8 nitrogen and oxygen atoms in total. The smallest absolute Gasteiger partial charge is 0.241 e. The molecule has 0 bridgehead atoms. The summed E-state index contributed by atoms with van der Waals surface area (Å²) in [5.41, 5.74) is 1.39. The maximum atomic E-state index is 13.0.